The van der Waals surface area contributed by atoms with E-state index in [4.69, 9.17) is 0 Å². The highest BCUT2D eigenvalue weighted by Gasteiger charge is 2.27. The maximum absolute atomic E-state index is 4.56. The van der Waals surface area contributed by atoms with Crippen LogP contribution in [0, 0.1) is 11.3 Å². The van der Waals surface area contributed by atoms with Gasteiger partial charge in [-0.25, -0.2) is 0 Å². The Morgan fingerprint density at radius 3 is 2.41 bits per heavy atom. The van der Waals surface area contributed by atoms with Crippen molar-refractivity contribution in [2.75, 3.05) is 0 Å². The summed E-state index contributed by atoms with van der Waals surface area (Å²) in [6.07, 6.45) is 4.69. The van der Waals surface area contributed by atoms with E-state index in [2.05, 4.69) is 66.9 Å². The number of benzene rings is 1. The lowest BCUT2D eigenvalue weighted by Crippen LogP contribution is -2.25. The minimum absolute atomic E-state index is 0.417. The molecule has 1 aliphatic rings. The first-order valence-corrected chi connectivity index (χ1v) is 8.91. The standard InChI is InChI=1S/C18H25N3S/c1-18(2,3)13-9-11-14(12-10-13)19-20-17-21(4)15-7-5-6-8-16(15)22-17/h5-8,13H,9-12H2,1-4H3. The maximum Gasteiger partial charge on any atom is 0.211 e. The van der Waals surface area contributed by atoms with Gasteiger partial charge in [0.15, 0.2) is 0 Å². The molecule has 1 aromatic carbocycles. The van der Waals surface area contributed by atoms with Gasteiger partial charge in [-0.1, -0.05) is 44.2 Å². The highest BCUT2D eigenvalue weighted by molar-refractivity contribution is 7.16. The molecule has 1 saturated carbocycles. The number of para-hydroxylation sites is 1. The fourth-order valence-corrected chi connectivity index (χ4v) is 4.18. The quantitative estimate of drug-likeness (QED) is 0.681. The fourth-order valence-electron chi connectivity index (χ4n) is 3.21. The Balaban J connectivity index is 1.80. The van der Waals surface area contributed by atoms with Crippen LogP contribution < -0.4 is 4.80 Å². The number of nitrogens with zero attached hydrogens (tertiary/aromatic N) is 3. The van der Waals surface area contributed by atoms with Crippen LogP contribution in [0.2, 0.25) is 0 Å². The largest absolute Gasteiger partial charge is 0.318 e. The van der Waals surface area contributed by atoms with Crippen molar-refractivity contribution in [1.29, 1.82) is 0 Å². The van der Waals surface area contributed by atoms with Crippen molar-refractivity contribution in [3.63, 3.8) is 0 Å². The van der Waals surface area contributed by atoms with Crippen LogP contribution in [-0.2, 0) is 7.05 Å². The molecule has 0 aliphatic heterocycles. The van der Waals surface area contributed by atoms with Gasteiger partial charge in [-0.15, -0.1) is 5.10 Å². The van der Waals surface area contributed by atoms with E-state index >= 15 is 0 Å². The highest BCUT2D eigenvalue weighted by atomic mass is 32.1. The summed E-state index contributed by atoms with van der Waals surface area (Å²) in [6.45, 7) is 7.05. The Kier molecular flexibility index (Phi) is 4.22. The van der Waals surface area contributed by atoms with Gasteiger partial charge in [0.25, 0.3) is 0 Å². The molecule has 1 aliphatic carbocycles. The third-order valence-corrected chi connectivity index (χ3v) is 5.88. The Bertz CT molecular complexity index is 748. The minimum Gasteiger partial charge on any atom is -0.318 e. The third-order valence-electron chi connectivity index (χ3n) is 4.78. The van der Waals surface area contributed by atoms with E-state index in [1.807, 2.05) is 0 Å². The van der Waals surface area contributed by atoms with Crippen LogP contribution in [0.25, 0.3) is 10.2 Å². The van der Waals surface area contributed by atoms with Crippen molar-refractivity contribution in [3.05, 3.63) is 29.1 Å². The molecule has 1 heterocycles. The van der Waals surface area contributed by atoms with Gasteiger partial charge < -0.3 is 4.57 Å². The monoisotopic (exact) mass is 315 g/mol. The number of hydrogen-bond donors (Lipinski definition) is 0. The molecule has 3 rings (SSSR count). The van der Waals surface area contributed by atoms with E-state index in [0.717, 1.165) is 23.6 Å². The van der Waals surface area contributed by atoms with Crippen molar-refractivity contribution in [2.24, 2.45) is 28.6 Å². The molecular formula is C18H25N3S. The second kappa shape index (κ2) is 5.99. The molecular weight excluding hydrogens is 290 g/mol. The Labute approximate surface area is 136 Å². The SMILES string of the molecule is Cn1c(=NN=C2CCC(C(C)(C)C)CC2)sc2ccccc21. The topological polar surface area (TPSA) is 29.6 Å². The van der Waals surface area contributed by atoms with Gasteiger partial charge in [-0.05, 0) is 49.1 Å². The summed E-state index contributed by atoms with van der Waals surface area (Å²) >= 11 is 1.71. The summed E-state index contributed by atoms with van der Waals surface area (Å²) in [4.78, 5) is 0.978. The first-order chi connectivity index (χ1) is 10.4. The number of hydrogen-bond acceptors (Lipinski definition) is 3. The van der Waals surface area contributed by atoms with Crippen LogP contribution >= 0.6 is 11.3 Å². The van der Waals surface area contributed by atoms with Crippen molar-refractivity contribution < 1.29 is 0 Å². The normalized spacial score (nSPS) is 20.6. The van der Waals surface area contributed by atoms with Gasteiger partial charge >= 0.3 is 0 Å². The van der Waals surface area contributed by atoms with Crippen molar-refractivity contribution in [3.8, 4) is 0 Å². The van der Waals surface area contributed by atoms with Gasteiger partial charge in [-0.2, -0.15) is 5.10 Å². The number of fused-ring (bicyclic) bond motifs is 1. The molecule has 0 radical (unpaired) electrons. The van der Waals surface area contributed by atoms with E-state index in [1.54, 1.807) is 11.3 Å². The van der Waals surface area contributed by atoms with Crippen LogP contribution in [0.3, 0.4) is 0 Å². The molecule has 118 valence electrons. The predicted molar refractivity (Wildman–Crippen MR) is 95.2 cm³/mol. The van der Waals surface area contributed by atoms with Crippen molar-refractivity contribution >= 4 is 27.3 Å². The summed E-state index contributed by atoms with van der Waals surface area (Å²) in [5.41, 5.74) is 2.90. The number of aryl methyl sites for hydroxylation is 1. The van der Waals surface area contributed by atoms with Gasteiger partial charge in [0, 0.05) is 12.8 Å². The van der Waals surface area contributed by atoms with Gasteiger partial charge in [0.2, 0.25) is 4.80 Å². The molecule has 0 amide bonds. The second-order valence-corrected chi connectivity index (χ2v) is 8.33. The fraction of sp³-hybridized carbons (Fsp3) is 0.556. The molecule has 0 saturated heterocycles. The summed E-state index contributed by atoms with van der Waals surface area (Å²) in [7, 11) is 2.06. The lowest BCUT2D eigenvalue weighted by atomic mass is 9.72. The molecule has 3 nitrogen and oxygen atoms in total. The third kappa shape index (κ3) is 3.17. The highest BCUT2D eigenvalue weighted by Crippen LogP contribution is 2.36. The van der Waals surface area contributed by atoms with Gasteiger partial charge in [-0.3, -0.25) is 0 Å². The average Bonchev–Trinajstić information content (AvgIpc) is 2.82. The van der Waals surface area contributed by atoms with Crippen LogP contribution in [0.15, 0.2) is 34.5 Å². The van der Waals surface area contributed by atoms with Crippen LogP contribution in [0.4, 0.5) is 0 Å². The Morgan fingerprint density at radius 2 is 1.77 bits per heavy atom. The molecule has 0 atom stereocenters. The van der Waals surface area contributed by atoms with Gasteiger partial charge in [0.1, 0.15) is 0 Å². The molecule has 4 heteroatoms. The van der Waals surface area contributed by atoms with E-state index in [0.29, 0.717) is 5.41 Å². The number of rotatable bonds is 1. The summed E-state index contributed by atoms with van der Waals surface area (Å²) in [5.74, 6) is 0.812. The Morgan fingerprint density at radius 1 is 1.09 bits per heavy atom. The molecule has 0 bridgehead atoms. The lowest BCUT2D eigenvalue weighted by Gasteiger charge is -2.34. The predicted octanol–water partition coefficient (Wildman–Crippen LogP) is 4.73. The van der Waals surface area contributed by atoms with E-state index in [1.165, 1.54) is 28.8 Å². The average molecular weight is 315 g/mol. The summed E-state index contributed by atoms with van der Waals surface area (Å²) in [6, 6.07) is 8.41. The smallest absolute Gasteiger partial charge is 0.211 e. The molecule has 2 aromatic rings. The van der Waals surface area contributed by atoms with Crippen molar-refractivity contribution in [1.82, 2.24) is 4.57 Å². The first-order valence-electron chi connectivity index (χ1n) is 8.09. The zero-order valence-electron chi connectivity index (χ0n) is 14.0. The van der Waals surface area contributed by atoms with Crippen LogP contribution in [0.5, 0.6) is 0 Å². The maximum atomic E-state index is 4.56. The zero-order chi connectivity index (χ0) is 15.7. The number of aromatic nitrogens is 1. The second-order valence-electron chi connectivity index (χ2n) is 7.32. The molecule has 0 N–H and O–H groups in total. The molecule has 1 fully saturated rings. The van der Waals surface area contributed by atoms with Crippen molar-refractivity contribution in [2.45, 2.75) is 46.5 Å². The van der Waals surface area contributed by atoms with Gasteiger partial charge in [0.05, 0.1) is 10.2 Å². The zero-order valence-corrected chi connectivity index (χ0v) is 14.8. The first kappa shape index (κ1) is 15.5. The molecule has 0 unspecified atom stereocenters. The van der Waals surface area contributed by atoms with E-state index in [9.17, 15) is 0 Å². The molecule has 1 aromatic heterocycles. The van der Waals surface area contributed by atoms with E-state index in [-0.39, 0.29) is 0 Å². The lowest BCUT2D eigenvalue weighted by molar-refractivity contribution is 0.208. The number of thiazole rings is 1. The van der Waals surface area contributed by atoms with E-state index < -0.39 is 0 Å². The minimum atomic E-state index is 0.417. The van der Waals surface area contributed by atoms with Crippen LogP contribution in [0.1, 0.15) is 46.5 Å². The molecule has 0 spiro atoms. The Hall–Kier alpha value is -1.42. The summed E-state index contributed by atoms with van der Waals surface area (Å²) < 4.78 is 3.39. The van der Waals surface area contributed by atoms with Crippen LogP contribution in [-0.4, -0.2) is 10.3 Å². The summed E-state index contributed by atoms with van der Waals surface area (Å²) in [5, 5.41) is 9.08. The molecule has 22 heavy (non-hydrogen) atoms.